The molecule has 2 heterocycles. The summed E-state index contributed by atoms with van der Waals surface area (Å²) in [7, 11) is 0. The van der Waals surface area contributed by atoms with Gasteiger partial charge >= 0.3 is 0 Å². The van der Waals surface area contributed by atoms with Gasteiger partial charge in [0.2, 0.25) is 0 Å². The summed E-state index contributed by atoms with van der Waals surface area (Å²) < 4.78 is 14.4. The van der Waals surface area contributed by atoms with Gasteiger partial charge in [-0.05, 0) is 28.5 Å². The van der Waals surface area contributed by atoms with E-state index in [0.29, 0.717) is 5.56 Å². The normalized spacial score (nSPS) is 18.1. The fourth-order valence-corrected chi connectivity index (χ4v) is 3.55. The van der Waals surface area contributed by atoms with E-state index < -0.39 is 0 Å². The van der Waals surface area contributed by atoms with Crippen LogP contribution in [0, 0.1) is 5.82 Å². The third-order valence-electron chi connectivity index (χ3n) is 3.65. The molecule has 106 valence electrons. The van der Waals surface area contributed by atoms with Crippen molar-refractivity contribution in [3.05, 3.63) is 57.0 Å². The van der Waals surface area contributed by atoms with Gasteiger partial charge in [0.1, 0.15) is 5.82 Å². The van der Waals surface area contributed by atoms with Crippen LogP contribution in [-0.4, -0.2) is 31.1 Å². The van der Waals surface area contributed by atoms with Crippen molar-refractivity contribution in [1.29, 1.82) is 0 Å². The van der Waals surface area contributed by atoms with E-state index >= 15 is 0 Å². The Kier molecular flexibility index (Phi) is 4.36. The number of rotatable bonds is 3. The molecular formula is C15H16ClFN2S. The predicted octanol–water partition coefficient (Wildman–Crippen LogP) is 3.54. The predicted molar refractivity (Wildman–Crippen MR) is 82.0 cm³/mol. The van der Waals surface area contributed by atoms with E-state index in [9.17, 15) is 4.39 Å². The van der Waals surface area contributed by atoms with Crippen LogP contribution in [-0.2, 0) is 0 Å². The zero-order valence-electron chi connectivity index (χ0n) is 11.0. The number of nitrogens with zero attached hydrogens (tertiary/aromatic N) is 1. The Bertz CT molecular complexity index is 567. The first-order valence-electron chi connectivity index (χ1n) is 6.68. The first-order chi connectivity index (χ1) is 9.77. The van der Waals surface area contributed by atoms with Gasteiger partial charge in [-0.2, -0.15) is 11.3 Å². The first-order valence-corrected chi connectivity index (χ1v) is 8.00. The lowest BCUT2D eigenvalue weighted by Gasteiger charge is -2.35. The highest BCUT2D eigenvalue weighted by molar-refractivity contribution is 7.08. The maximum Gasteiger partial charge on any atom is 0.146 e. The Morgan fingerprint density at radius 2 is 2.05 bits per heavy atom. The monoisotopic (exact) mass is 310 g/mol. The van der Waals surface area contributed by atoms with Crippen molar-refractivity contribution in [3.8, 4) is 0 Å². The minimum Gasteiger partial charge on any atom is -0.314 e. The Morgan fingerprint density at radius 1 is 1.25 bits per heavy atom. The molecule has 20 heavy (non-hydrogen) atoms. The molecule has 1 aromatic heterocycles. The number of hydrogen-bond donors (Lipinski definition) is 1. The van der Waals surface area contributed by atoms with E-state index in [1.54, 1.807) is 17.4 Å². The summed E-state index contributed by atoms with van der Waals surface area (Å²) in [5, 5.41) is 7.65. The molecule has 3 rings (SSSR count). The fourth-order valence-electron chi connectivity index (χ4n) is 2.69. The molecule has 2 nitrogen and oxygen atoms in total. The van der Waals surface area contributed by atoms with Gasteiger partial charge in [-0.1, -0.05) is 23.7 Å². The van der Waals surface area contributed by atoms with E-state index in [1.807, 2.05) is 17.5 Å². The molecule has 0 saturated carbocycles. The standard InChI is InChI=1S/C15H16ClFN2S/c16-13-3-1-2-12(14(13)17)15(11-4-9-20-10-11)19-7-5-18-6-8-19/h1-4,9-10,15,18H,5-8H2/t15-/m0/s1. The van der Waals surface area contributed by atoms with Gasteiger partial charge in [0.05, 0.1) is 11.1 Å². The van der Waals surface area contributed by atoms with Gasteiger partial charge in [-0.3, -0.25) is 4.90 Å². The first kappa shape index (κ1) is 14.0. The summed E-state index contributed by atoms with van der Waals surface area (Å²) in [5.41, 5.74) is 1.80. The zero-order valence-corrected chi connectivity index (χ0v) is 12.6. The molecule has 0 aliphatic carbocycles. The summed E-state index contributed by atoms with van der Waals surface area (Å²) in [5.74, 6) is -0.302. The highest BCUT2D eigenvalue weighted by Crippen LogP contribution is 2.33. The number of halogens is 2. The molecule has 0 unspecified atom stereocenters. The molecule has 1 aromatic carbocycles. The van der Waals surface area contributed by atoms with Crippen LogP contribution in [0.15, 0.2) is 35.0 Å². The summed E-state index contributed by atoms with van der Waals surface area (Å²) in [6.45, 7) is 3.69. The van der Waals surface area contributed by atoms with Crippen LogP contribution in [0.3, 0.4) is 0 Å². The Hall–Kier alpha value is -0.940. The van der Waals surface area contributed by atoms with Gasteiger partial charge in [-0.15, -0.1) is 0 Å². The Labute approximate surface area is 127 Å². The molecule has 1 aliphatic heterocycles. The summed E-state index contributed by atoms with van der Waals surface area (Å²) >= 11 is 7.59. The molecule has 0 bridgehead atoms. The van der Waals surface area contributed by atoms with Gasteiger partial charge in [0.15, 0.2) is 0 Å². The highest BCUT2D eigenvalue weighted by Gasteiger charge is 2.27. The van der Waals surface area contributed by atoms with E-state index in [1.165, 1.54) is 0 Å². The number of nitrogens with one attached hydrogen (secondary N) is 1. The average molecular weight is 311 g/mol. The molecule has 5 heteroatoms. The van der Waals surface area contributed by atoms with Crippen LogP contribution < -0.4 is 5.32 Å². The molecule has 1 atom stereocenters. The quantitative estimate of drug-likeness (QED) is 0.933. The van der Waals surface area contributed by atoms with Crippen LogP contribution in [0.4, 0.5) is 4.39 Å². The van der Waals surface area contributed by atoms with Crippen molar-refractivity contribution in [2.24, 2.45) is 0 Å². The minimum absolute atomic E-state index is 0.0537. The number of piperazine rings is 1. The topological polar surface area (TPSA) is 15.3 Å². The summed E-state index contributed by atoms with van der Waals surface area (Å²) in [6.07, 6.45) is 0. The molecule has 0 spiro atoms. The molecule has 0 amide bonds. The zero-order chi connectivity index (χ0) is 13.9. The minimum atomic E-state index is -0.302. The smallest absolute Gasteiger partial charge is 0.146 e. The summed E-state index contributed by atoms with van der Waals surface area (Å²) in [4.78, 5) is 2.31. The average Bonchev–Trinajstić information content (AvgIpc) is 2.99. The van der Waals surface area contributed by atoms with Crippen molar-refractivity contribution in [3.63, 3.8) is 0 Å². The lowest BCUT2D eigenvalue weighted by molar-refractivity contribution is 0.195. The molecule has 1 saturated heterocycles. The van der Waals surface area contributed by atoms with Crippen LogP contribution >= 0.6 is 22.9 Å². The molecule has 1 N–H and O–H groups in total. The van der Waals surface area contributed by atoms with Crippen molar-refractivity contribution >= 4 is 22.9 Å². The van der Waals surface area contributed by atoms with E-state index in [4.69, 9.17) is 11.6 Å². The number of thiophene rings is 1. The van der Waals surface area contributed by atoms with Crippen LogP contribution in [0.1, 0.15) is 17.2 Å². The van der Waals surface area contributed by atoms with Crippen molar-refractivity contribution in [2.45, 2.75) is 6.04 Å². The third kappa shape index (κ3) is 2.74. The lowest BCUT2D eigenvalue weighted by atomic mass is 9.98. The fraction of sp³-hybridized carbons (Fsp3) is 0.333. The van der Waals surface area contributed by atoms with E-state index in [-0.39, 0.29) is 16.9 Å². The molecule has 1 fully saturated rings. The maximum absolute atomic E-state index is 14.4. The molecule has 1 aliphatic rings. The molecule has 2 aromatic rings. The highest BCUT2D eigenvalue weighted by atomic mass is 35.5. The second-order valence-electron chi connectivity index (χ2n) is 4.89. The van der Waals surface area contributed by atoms with Crippen LogP contribution in [0.25, 0.3) is 0 Å². The van der Waals surface area contributed by atoms with Crippen molar-refractivity contribution in [2.75, 3.05) is 26.2 Å². The maximum atomic E-state index is 14.4. The second-order valence-corrected chi connectivity index (χ2v) is 6.08. The van der Waals surface area contributed by atoms with Crippen molar-refractivity contribution in [1.82, 2.24) is 10.2 Å². The van der Waals surface area contributed by atoms with E-state index in [2.05, 4.69) is 21.7 Å². The summed E-state index contributed by atoms with van der Waals surface area (Å²) in [6, 6.07) is 7.27. The van der Waals surface area contributed by atoms with Gasteiger partial charge in [-0.25, -0.2) is 4.39 Å². The third-order valence-corrected chi connectivity index (χ3v) is 4.65. The Balaban J connectivity index is 2.03. The largest absolute Gasteiger partial charge is 0.314 e. The van der Waals surface area contributed by atoms with Gasteiger partial charge < -0.3 is 5.32 Å². The van der Waals surface area contributed by atoms with Gasteiger partial charge in [0, 0.05) is 31.7 Å². The molecular weight excluding hydrogens is 295 g/mol. The number of hydrogen-bond acceptors (Lipinski definition) is 3. The van der Waals surface area contributed by atoms with E-state index in [0.717, 1.165) is 31.7 Å². The van der Waals surface area contributed by atoms with Gasteiger partial charge in [0.25, 0.3) is 0 Å². The molecule has 0 radical (unpaired) electrons. The van der Waals surface area contributed by atoms with Crippen LogP contribution in [0.5, 0.6) is 0 Å². The lowest BCUT2D eigenvalue weighted by Crippen LogP contribution is -2.45. The van der Waals surface area contributed by atoms with Crippen LogP contribution in [0.2, 0.25) is 5.02 Å². The SMILES string of the molecule is Fc1c(Cl)cccc1[C@H](c1ccsc1)N1CCNCC1. The number of benzene rings is 1. The second kappa shape index (κ2) is 6.22. The Morgan fingerprint density at radius 3 is 2.75 bits per heavy atom. The van der Waals surface area contributed by atoms with Crippen molar-refractivity contribution < 1.29 is 4.39 Å².